The standard InChI is InChI=1S/C25H21BrN6O4S/c1-13-8-18(14(2)32(13)16-6-7-20-21(10-16)36-12-35-20)24-30-23-22(19(26)11-28-25(23)31-24)29-15-4-3-5-17(9-15)37(27,33)34/h3-11H,12H2,1-2H3,(H2,27,33,34)(H2,28,29,30,31). The van der Waals surface area contributed by atoms with E-state index in [1.165, 1.54) is 12.1 Å². The number of nitrogens with two attached hydrogens (primary N) is 1. The number of rotatable bonds is 5. The van der Waals surface area contributed by atoms with Crippen molar-refractivity contribution in [3.8, 4) is 28.6 Å². The van der Waals surface area contributed by atoms with Crippen LogP contribution in [0.15, 0.2) is 64.1 Å². The van der Waals surface area contributed by atoms with Crippen LogP contribution in [-0.2, 0) is 10.0 Å². The number of fused-ring (bicyclic) bond motifs is 2. The summed E-state index contributed by atoms with van der Waals surface area (Å²) in [6.07, 6.45) is 1.66. The predicted molar refractivity (Wildman–Crippen MR) is 143 cm³/mol. The van der Waals surface area contributed by atoms with Crippen LogP contribution < -0.4 is 19.9 Å². The monoisotopic (exact) mass is 580 g/mol. The largest absolute Gasteiger partial charge is 0.454 e. The number of anilines is 2. The minimum absolute atomic E-state index is 0.0117. The number of hydrogen-bond acceptors (Lipinski definition) is 7. The smallest absolute Gasteiger partial charge is 0.238 e. The number of benzene rings is 2. The SMILES string of the molecule is Cc1cc(-c2nc3c(Nc4cccc(S(N)(=O)=O)c4)c(Br)cnc3[nH]2)c(C)n1-c1ccc2c(c1)OCO2. The van der Waals surface area contributed by atoms with Crippen LogP contribution in [0.4, 0.5) is 11.4 Å². The molecule has 0 saturated heterocycles. The molecular weight excluding hydrogens is 560 g/mol. The number of nitrogens with one attached hydrogen (secondary N) is 2. The van der Waals surface area contributed by atoms with E-state index in [0.717, 1.165) is 28.4 Å². The number of ether oxygens (including phenoxy) is 2. The summed E-state index contributed by atoms with van der Waals surface area (Å²) >= 11 is 3.54. The van der Waals surface area contributed by atoms with E-state index in [2.05, 4.69) is 41.8 Å². The van der Waals surface area contributed by atoms with Gasteiger partial charge in [-0.25, -0.2) is 23.5 Å². The maximum atomic E-state index is 11.8. The van der Waals surface area contributed by atoms with E-state index in [1.54, 1.807) is 18.3 Å². The van der Waals surface area contributed by atoms with Gasteiger partial charge in [0.15, 0.2) is 17.1 Å². The third-order valence-corrected chi connectivity index (χ3v) is 7.71. The number of nitrogens with zero attached hydrogens (tertiary/aromatic N) is 3. The lowest BCUT2D eigenvalue weighted by molar-refractivity contribution is 0.174. The molecule has 5 aromatic rings. The normalized spacial score (nSPS) is 12.9. The van der Waals surface area contributed by atoms with E-state index in [-0.39, 0.29) is 11.7 Å². The number of aromatic nitrogens is 4. The number of hydrogen-bond donors (Lipinski definition) is 3. The molecule has 188 valence electrons. The molecule has 0 spiro atoms. The molecule has 10 nitrogen and oxygen atoms in total. The predicted octanol–water partition coefficient (Wildman–Crippen LogP) is 4.91. The molecule has 6 rings (SSSR count). The van der Waals surface area contributed by atoms with Gasteiger partial charge in [-0.3, -0.25) is 0 Å². The summed E-state index contributed by atoms with van der Waals surface area (Å²) < 4.78 is 37.4. The van der Waals surface area contributed by atoms with E-state index in [9.17, 15) is 8.42 Å². The fraction of sp³-hybridized carbons (Fsp3) is 0.120. The highest BCUT2D eigenvalue weighted by Gasteiger charge is 2.20. The first-order valence-electron chi connectivity index (χ1n) is 11.2. The maximum absolute atomic E-state index is 11.8. The van der Waals surface area contributed by atoms with Crippen LogP contribution in [0.5, 0.6) is 11.5 Å². The second-order valence-electron chi connectivity index (χ2n) is 8.62. The second kappa shape index (κ2) is 8.61. The Kier molecular flexibility index (Phi) is 5.48. The van der Waals surface area contributed by atoms with Crippen molar-refractivity contribution in [2.45, 2.75) is 18.7 Å². The highest BCUT2D eigenvalue weighted by molar-refractivity contribution is 9.10. The number of pyridine rings is 1. The van der Waals surface area contributed by atoms with Crippen molar-refractivity contribution >= 4 is 48.5 Å². The topological polar surface area (TPSA) is 137 Å². The molecule has 0 saturated carbocycles. The molecule has 0 atom stereocenters. The third-order valence-electron chi connectivity index (χ3n) is 6.20. The molecule has 0 unspecified atom stereocenters. The lowest BCUT2D eigenvalue weighted by Gasteiger charge is -2.10. The quantitative estimate of drug-likeness (QED) is 0.268. The van der Waals surface area contributed by atoms with Crippen LogP contribution >= 0.6 is 15.9 Å². The Hall–Kier alpha value is -3.87. The lowest BCUT2D eigenvalue weighted by atomic mass is 10.2. The number of aromatic amines is 1. The Morgan fingerprint density at radius 1 is 1.11 bits per heavy atom. The molecule has 0 radical (unpaired) electrons. The first kappa shape index (κ1) is 23.5. The summed E-state index contributed by atoms with van der Waals surface area (Å²) in [4.78, 5) is 12.7. The van der Waals surface area contributed by atoms with Crippen molar-refractivity contribution in [1.82, 2.24) is 19.5 Å². The van der Waals surface area contributed by atoms with Crippen molar-refractivity contribution in [3.63, 3.8) is 0 Å². The zero-order valence-electron chi connectivity index (χ0n) is 19.7. The summed E-state index contributed by atoms with van der Waals surface area (Å²) in [7, 11) is -3.84. The highest BCUT2D eigenvalue weighted by Crippen LogP contribution is 2.37. The van der Waals surface area contributed by atoms with Gasteiger partial charge in [0, 0.05) is 40.6 Å². The van der Waals surface area contributed by atoms with Crippen molar-refractivity contribution in [3.05, 3.63) is 70.6 Å². The zero-order valence-corrected chi connectivity index (χ0v) is 22.1. The van der Waals surface area contributed by atoms with Gasteiger partial charge in [0.2, 0.25) is 16.8 Å². The Morgan fingerprint density at radius 2 is 1.92 bits per heavy atom. The van der Waals surface area contributed by atoms with Crippen molar-refractivity contribution in [1.29, 1.82) is 0 Å². The molecular formula is C25H21BrN6O4S. The lowest BCUT2D eigenvalue weighted by Crippen LogP contribution is -2.12. The molecule has 0 bridgehead atoms. The number of aryl methyl sites for hydroxylation is 1. The van der Waals surface area contributed by atoms with Gasteiger partial charge in [0.1, 0.15) is 11.3 Å². The minimum Gasteiger partial charge on any atom is -0.454 e. The van der Waals surface area contributed by atoms with Crippen molar-refractivity contribution < 1.29 is 17.9 Å². The van der Waals surface area contributed by atoms with Gasteiger partial charge in [-0.05, 0) is 66.2 Å². The molecule has 0 fully saturated rings. The number of primary sulfonamides is 1. The Labute approximate surface area is 220 Å². The average Bonchev–Trinajstić information content (AvgIpc) is 3.57. The Balaban J connectivity index is 1.42. The first-order chi connectivity index (χ1) is 17.7. The summed E-state index contributed by atoms with van der Waals surface area (Å²) in [5, 5.41) is 8.55. The third kappa shape index (κ3) is 4.12. The average molecular weight is 581 g/mol. The van der Waals surface area contributed by atoms with Crippen LogP contribution in [-0.4, -0.2) is 34.7 Å². The fourth-order valence-electron chi connectivity index (χ4n) is 4.50. The van der Waals surface area contributed by atoms with Gasteiger partial charge in [-0.15, -0.1) is 0 Å². The van der Waals surface area contributed by atoms with Gasteiger partial charge in [-0.1, -0.05) is 6.07 Å². The highest BCUT2D eigenvalue weighted by atomic mass is 79.9. The minimum atomic E-state index is -3.84. The van der Waals surface area contributed by atoms with E-state index < -0.39 is 10.0 Å². The number of imidazole rings is 1. The first-order valence-corrected chi connectivity index (χ1v) is 13.6. The maximum Gasteiger partial charge on any atom is 0.238 e. The number of H-pyrrole nitrogens is 1. The molecule has 37 heavy (non-hydrogen) atoms. The summed E-state index contributed by atoms with van der Waals surface area (Å²) in [6, 6.07) is 14.2. The van der Waals surface area contributed by atoms with Gasteiger partial charge in [0.05, 0.1) is 15.1 Å². The van der Waals surface area contributed by atoms with Crippen LogP contribution in [0.2, 0.25) is 0 Å². The summed E-state index contributed by atoms with van der Waals surface area (Å²) in [6.45, 7) is 4.28. The molecule has 1 aliphatic rings. The second-order valence-corrected chi connectivity index (χ2v) is 11.0. The molecule has 12 heteroatoms. The van der Waals surface area contributed by atoms with Gasteiger partial charge >= 0.3 is 0 Å². The van der Waals surface area contributed by atoms with Gasteiger partial charge in [0.25, 0.3) is 0 Å². The van der Waals surface area contributed by atoms with E-state index in [0.29, 0.717) is 38.6 Å². The van der Waals surface area contributed by atoms with E-state index in [4.69, 9.17) is 19.6 Å². The molecule has 3 aromatic heterocycles. The number of halogens is 1. The van der Waals surface area contributed by atoms with Gasteiger partial charge in [-0.2, -0.15) is 0 Å². The van der Waals surface area contributed by atoms with Crippen molar-refractivity contribution in [2.75, 3.05) is 12.1 Å². The molecule has 4 N–H and O–H groups in total. The Morgan fingerprint density at radius 3 is 2.73 bits per heavy atom. The summed E-state index contributed by atoms with van der Waals surface area (Å²) in [5.41, 5.74) is 6.26. The van der Waals surface area contributed by atoms with Crippen LogP contribution in [0, 0.1) is 13.8 Å². The van der Waals surface area contributed by atoms with Gasteiger partial charge < -0.3 is 24.3 Å². The van der Waals surface area contributed by atoms with Crippen LogP contribution in [0.1, 0.15) is 11.4 Å². The summed E-state index contributed by atoms with van der Waals surface area (Å²) in [5.74, 6) is 2.10. The number of sulfonamides is 1. The van der Waals surface area contributed by atoms with Crippen molar-refractivity contribution in [2.24, 2.45) is 5.14 Å². The molecule has 1 aliphatic heterocycles. The van der Waals surface area contributed by atoms with E-state index >= 15 is 0 Å². The molecule has 2 aromatic carbocycles. The molecule has 0 aliphatic carbocycles. The zero-order chi connectivity index (χ0) is 25.9. The van der Waals surface area contributed by atoms with Crippen LogP contribution in [0.25, 0.3) is 28.2 Å². The molecule has 0 amide bonds. The molecule has 4 heterocycles. The fourth-order valence-corrected chi connectivity index (χ4v) is 5.45. The van der Waals surface area contributed by atoms with Crippen LogP contribution in [0.3, 0.4) is 0 Å². The van der Waals surface area contributed by atoms with E-state index in [1.807, 2.05) is 32.0 Å². The Bertz CT molecular complexity index is 1810.